The van der Waals surface area contributed by atoms with Gasteiger partial charge in [0.25, 0.3) is 0 Å². The van der Waals surface area contributed by atoms with Crippen LogP contribution < -0.4 is 0 Å². The van der Waals surface area contributed by atoms with Crippen LogP contribution in [0, 0.1) is 26.7 Å². The van der Waals surface area contributed by atoms with Gasteiger partial charge in [-0.15, -0.1) is 11.3 Å². The fourth-order valence-corrected chi connectivity index (χ4v) is 3.84. The molecule has 104 valence electrons. The van der Waals surface area contributed by atoms with Crippen LogP contribution in [-0.2, 0) is 6.42 Å². The topological polar surface area (TPSA) is 0 Å². The summed E-state index contributed by atoms with van der Waals surface area (Å²) in [6, 6.07) is 0. The molecule has 1 rings (SSSR count). The zero-order valence-corrected chi connectivity index (χ0v) is 13.8. The van der Waals surface area contributed by atoms with E-state index in [0.717, 1.165) is 5.92 Å². The van der Waals surface area contributed by atoms with Gasteiger partial charge in [-0.3, -0.25) is 0 Å². The molecule has 0 bridgehead atoms. The molecule has 0 amide bonds. The predicted octanol–water partition coefficient (Wildman–Crippen LogP) is 6.21. The molecule has 1 unspecified atom stereocenters. The van der Waals surface area contributed by atoms with Crippen molar-refractivity contribution in [2.24, 2.45) is 5.92 Å². The summed E-state index contributed by atoms with van der Waals surface area (Å²) in [6.45, 7) is 11.5. The van der Waals surface area contributed by atoms with Crippen molar-refractivity contribution in [3.8, 4) is 0 Å². The zero-order valence-electron chi connectivity index (χ0n) is 12.9. The number of rotatable bonds is 8. The first-order chi connectivity index (χ1) is 8.60. The Morgan fingerprint density at radius 1 is 0.944 bits per heavy atom. The zero-order chi connectivity index (χ0) is 13.5. The number of aryl methyl sites for hydroxylation is 2. The van der Waals surface area contributed by atoms with Crippen LogP contribution in [-0.4, -0.2) is 0 Å². The van der Waals surface area contributed by atoms with Crippen LogP contribution in [0.4, 0.5) is 0 Å². The van der Waals surface area contributed by atoms with E-state index in [0.29, 0.717) is 0 Å². The second kappa shape index (κ2) is 7.99. The third kappa shape index (κ3) is 4.42. The van der Waals surface area contributed by atoms with E-state index in [1.807, 2.05) is 11.3 Å². The van der Waals surface area contributed by atoms with E-state index in [2.05, 4.69) is 34.6 Å². The molecule has 0 nitrogen and oxygen atoms in total. The SMILES string of the molecule is CCCCCCC(CC)Cc1c(C)sc(C)c1C. The van der Waals surface area contributed by atoms with Crippen molar-refractivity contribution in [2.45, 2.75) is 79.6 Å². The summed E-state index contributed by atoms with van der Waals surface area (Å²) in [5.41, 5.74) is 3.21. The van der Waals surface area contributed by atoms with Gasteiger partial charge in [-0.1, -0.05) is 52.4 Å². The van der Waals surface area contributed by atoms with E-state index in [-0.39, 0.29) is 0 Å². The molecule has 0 saturated carbocycles. The molecule has 0 aromatic carbocycles. The molecule has 0 N–H and O–H groups in total. The summed E-state index contributed by atoms with van der Waals surface area (Å²) in [7, 11) is 0. The normalized spacial score (nSPS) is 12.9. The first-order valence-electron chi connectivity index (χ1n) is 7.65. The average Bonchev–Trinajstić information content (AvgIpc) is 2.59. The van der Waals surface area contributed by atoms with Crippen molar-refractivity contribution in [1.82, 2.24) is 0 Å². The molecule has 1 heteroatoms. The Labute approximate surface area is 118 Å². The van der Waals surface area contributed by atoms with E-state index in [4.69, 9.17) is 0 Å². The molecule has 18 heavy (non-hydrogen) atoms. The Bertz CT molecular complexity index is 349. The molecule has 1 aromatic heterocycles. The van der Waals surface area contributed by atoms with E-state index in [9.17, 15) is 0 Å². The maximum absolute atomic E-state index is 2.36. The first-order valence-corrected chi connectivity index (χ1v) is 8.47. The molecule has 0 aliphatic rings. The molecule has 0 saturated heterocycles. The molecular weight excluding hydrogens is 236 g/mol. The fraction of sp³-hybridized carbons (Fsp3) is 0.765. The molecule has 0 aliphatic heterocycles. The van der Waals surface area contributed by atoms with Crippen molar-refractivity contribution < 1.29 is 0 Å². The second-order valence-corrected chi connectivity index (χ2v) is 7.07. The monoisotopic (exact) mass is 266 g/mol. The van der Waals surface area contributed by atoms with E-state index >= 15 is 0 Å². The van der Waals surface area contributed by atoms with E-state index in [1.165, 1.54) is 49.8 Å². The van der Waals surface area contributed by atoms with Crippen LogP contribution in [0.15, 0.2) is 0 Å². The summed E-state index contributed by atoms with van der Waals surface area (Å²) >= 11 is 1.98. The molecule has 0 spiro atoms. The second-order valence-electron chi connectivity index (χ2n) is 5.65. The van der Waals surface area contributed by atoms with Gasteiger partial charge in [-0.05, 0) is 44.2 Å². The van der Waals surface area contributed by atoms with Gasteiger partial charge in [-0.2, -0.15) is 0 Å². The Hall–Kier alpha value is -0.300. The van der Waals surface area contributed by atoms with Gasteiger partial charge >= 0.3 is 0 Å². The van der Waals surface area contributed by atoms with Gasteiger partial charge < -0.3 is 0 Å². The van der Waals surface area contributed by atoms with E-state index in [1.54, 1.807) is 16.0 Å². The van der Waals surface area contributed by atoms with Crippen LogP contribution >= 0.6 is 11.3 Å². The Morgan fingerprint density at radius 3 is 2.17 bits per heavy atom. The molecule has 0 radical (unpaired) electrons. The first kappa shape index (κ1) is 15.8. The lowest BCUT2D eigenvalue weighted by atomic mass is 9.90. The lowest BCUT2D eigenvalue weighted by molar-refractivity contribution is 0.438. The molecule has 1 aromatic rings. The summed E-state index contributed by atoms with van der Waals surface area (Å²) in [5, 5.41) is 0. The van der Waals surface area contributed by atoms with Crippen molar-refractivity contribution >= 4 is 11.3 Å². The number of thiophene rings is 1. The lowest BCUT2D eigenvalue weighted by Gasteiger charge is -2.15. The van der Waals surface area contributed by atoms with Gasteiger partial charge in [-0.25, -0.2) is 0 Å². The molecule has 1 heterocycles. The largest absolute Gasteiger partial charge is 0.145 e. The Morgan fingerprint density at radius 2 is 1.67 bits per heavy atom. The van der Waals surface area contributed by atoms with Crippen LogP contribution in [0.25, 0.3) is 0 Å². The highest BCUT2D eigenvalue weighted by atomic mass is 32.1. The van der Waals surface area contributed by atoms with Gasteiger partial charge in [0.15, 0.2) is 0 Å². The average molecular weight is 266 g/mol. The van der Waals surface area contributed by atoms with Crippen molar-refractivity contribution in [3.05, 3.63) is 20.9 Å². The third-order valence-corrected chi connectivity index (χ3v) is 5.41. The Kier molecular flexibility index (Phi) is 6.99. The highest BCUT2D eigenvalue weighted by Gasteiger charge is 2.14. The Balaban J connectivity index is 2.51. The van der Waals surface area contributed by atoms with Crippen LogP contribution in [0.1, 0.15) is 73.3 Å². The summed E-state index contributed by atoms with van der Waals surface area (Å²) in [4.78, 5) is 3.07. The molecule has 0 fully saturated rings. The van der Waals surface area contributed by atoms with E-state index < -0.39 is 0 Å². The lowest BCUT2D eigenvalue weighted by Crippen LogP contribution is -2.05. The summed E-state index contributed by atoms with van der Waals surface area (Å²) in [5.74, 6) is 0.897. The minimum atomic E-state index is 0.897. The highest BCUT2D eigenvalue weighted by molar-refractivity contribution is 7.12. The maximum atomic E-state index is 2.36. The van der Waals surface area contributed by atoms with Crippen molar-refractivity contribution in [2.75, 3.05) is 0 Å². The van der Waals surface area contributed by atoms with Crippen molar-refractivity contribution in [1.29, 1.82) is 0 Å². The smallest absolute Gasteiger partial charge is 0.00518 e. The summed E-state index contributed by atoms with van der Waals surface area (Å²) < 4.78 is 0. The quantitative estimate of drug-likeness (QED) is 0.490. The molecule has 0 aliphatic carbocycles. The molecular formula is C17H30S. The molecule has 1 atom stereocenters. The number of unbranched alkanes of at least 4 members (excludes halogenated alkanes) is 3. The van der Waals surface area contributed by atoms with Crippen LogP contribution in [0.2, 0.25) is 0 Å². The minimum Gasteiger partial charge on any atom is -0.145 e. The van der Waals surface area contributed by atoms with Gasteiger partial charge in [0.05, 0.1) is 0 Å². The maximum Gasteiger partial charge on any atom is 0.00518 e. The van der Waals surface area contributed by atoms with Crippen LogP contribution in [0.3, 0.4) is 0 Å². The van der Waals surface area contributed by atoms with Gasteiger partial charge in [0, 0.05) is 9.75 Å². The van der Waals surface area contributed by atoms with Crippen LogP contribution in [0.5, 0.6) is 0 Å². The fourth-order valence-electron chi connectivity index (χ4n) is 2.74. The number of hydrogen-bond acceptors (Lipinski definition) is 1. The highest BCUT2D eigenvalue weighted by Crippen LogP contribution is 2.30. The van der Waals surface area contributed by atoms with Gasteiger partial charge in [0.2, 0.25) is 0 Å². The number of hydrogen-bond donors (Lipinski definition) is 0. The summed E-state index contributed by atoms with van der Waals surface area (Å²) in [6.07, 6.45) is 9.67. The predicted molar refractivity (Wildman–Crippen MR) is 84.8 cm³/mol. The van der Waals surface area contributed by atoms with Crippen molar-refractivity contribution in [3.63, 3.8) is 0 Å². The third-order valence-electron chi connectivity index (χ3n) is 4.25. The van der Waals surface area contributed by atoms with Gasteiger partial charge in [0.1, 0.15) is 0 Å². The minimum absolute atomic E-state index is 0.897. The standard InChI is InChI=1S/C17H30S/c1-6-8-9-10-11-16(7-2)12-17-13(3)14(4)18-15(17)5/h16H,6-12H2,1-5H3.